The van der Waals surface area contributed by atoms with Crippen LogP contribution in [0.4, 0.5) is 8.78 Å². The predicted octanol–water partition coefficient (Wildman–Crippen LogP) is 3.77. The van der Waals surface area contributed by atoms with Gasteiger partial charge >= 0.3 is 11.8 Å². The van der Waals surface area contributed by atoms with E-state index in [-0.39, 0.29) is 12.2 Å². The van der Waals surface area contributed by atoms with E-state index in [9.17, 15) is 13.6 Å². The molecule has 5 heteroatoms. The topological polar surface area (TPSA) is 20.3 Å². The second-order valence-electron chi connectivity index (χ2n) is 4.54. The number of carbonyl (C=O) groups excluding carboxylic acids is 1. The van der Waals surface area contributed by atoms with E-state index in [1.54, 1.807) is 11.4 Å². The van der Waals surface area contributed by atoms with Crippen LogP contribution in [0.5, 0.6) is 0 Å². The Hall–Kier alpha value is -2.01. The van der Waals surface area contributed by atoms with Crippen molar-refractivity contribution in [1.82, 2.24) is 4.90 Å². The molecule has 1 aliphatic heterocycles. The average molecular weight is 291 g/mol. The molecule has 1 saturated heterocycles. The van der Waals surface area contributed by atoms with Crippen LogP contribution < -0.4 is 0 Å². The Kier molecular flexibility index (Phi) is 3.14. The maximum absolute atomic E-state index is 13.7. The molecule has 0 aliphatic carbocycles. The van der Waals surface area contributed by atoms with Gasteiger partial charge in [0.25, 0.3) is 0 Å². The maximum Gasteiger partial charge on any atom is 0.364 e. The second kappa shape index (κ2) is 4.83. The van der Waals surface area contributed by atoms with Crippen LogP contribution in [0, 0.1) is 0 Å². The summed E-state index contributed by atoms with van der Waals surface area (Å²) >= 11 is 1.43. The number of alkyl halides is 2. The molecule has 0 spiro atoms. The second-order valence-corrected chi connectivity index (χ2v) is 5.32. The minimum atomic E-state index is -3.38. The molecular weight excluding hydrogens is 280 g/mol. The van der Waals surface area contributed by atoms with Gasteiger partial charge in [-0.05, 0) is 34.0 Å². The number of amides is 1. The zero-order valence-electron chi connectivity index (χ0n) is 10.4. The molecule has 0 bridgehead atoms. The van der Waals surface area contributed by atoms with Crippen molar-refractivity contribution in [2.75, 3.05) is 0 Å². The zero-order valence-corrected chi connectivity index (χ0v) is 11.2. The Morgan fingerprint density at radius 3 is 2.60 bits per heavy atom. The number of rotatable bonds is 3. The van der Waals surface area contributed by atoms with E-state index in [0.29, 0.717) is 5.56 Å². The summed E-state index contributed by atoms with van der Waals surface area (Å²) in [6.45, 7) is 0.172. The molecular formula is C15H11F2NOS. The highest BCUT2D eigenvalue weighted by Gasteiger charge is 2.59. The lowest BCUT2D eigenvalue weighted by atomic mass is 10.00. The van der Waals surface area contributed by atoms with Crippen molar-refractivity contribution in [3.8, 4) is 0 Å². The summed E-state index contributed by atoms with van der Waals surface area (Å²) in [4.78, 5) is 12.7. The van der Waals surface area contributed by atoms with Crippen LogP contribution in [0.15, 0.2) is 52.9 Å². The minimum absolute atomic E-state index is 0.172. The van der Waals surface area contributed by atoms with Crippen molar-refractivity contribution in [3.63, 3.8) is 0 Å². The molecule has 1 amide bonds. The SMILES string of the molecule is O=C1N(Cc2ccccc2)/C(=C\c2ccsc2)C1(F)F. The summed E-state index contributed by atoms with van der Waals surface area (Å²) in [5.74, 6) is -4.51. The van der Waals surface area contributed by atoms with Gasteiger partial charge in [0.1, 0.15) is 5.70 Å². The number of β-lactam (4-membered cyclic amide) rings is 1. The first kappa shape index (κ1) is 13.0. The van der Waals surface area contributed by atoms with Gasteiger partial charge in [-0.2, -0.15) is 20.1 Å². The van der Waals surface area contributed by atoms with Gasteiger partial charge < -0.3 is 0 Å². The van der Waals surface area contributed by atoms with Gasteiger partial charge in [-0.3, -0.25) is 9.69 Å². The number of thiophene rings is 1. The number of nitrogens with zero attached hydrogens (tertiary/aromatic N) is 1. The lowest BCUT2D eigenvalue weighted by molar-refractivity contribution is -0.170. The van der Waals surface area contributed by atoms with Crippen LogP contribution >= 0.6 is 11.3 Å². The highest BCUT2D eigenvalue weighted by molar-refractivity contribution is 7.08. The van der Waals surface area contributed by atoms with Crippen molar-refractivity contribution in [2.24, 2.45) is 0 Å². The van der Waals surface area contributed by atoms with E-state index < -0.39 is 11.8 Å². The largest absolute Gasteiger partial charge is 0.364 e. The third-order valence-corrected chi connectivity index (χ3v) is 3.86. The van der Waals surface area contributed by atoms with Crippen LogP contribution in [0.1, 0.15) is 11.1 Å². The van der Waals surface area contributed by atoms with Crippen molar-refractivity contribution in [2.45, 2.75) is 12.5 Å². The van der Waals surface area contributed by atoms with Gasteiger partial charge in [-0.1, -0.05) is 30.3 Å². The van der Waals surface area contributed by atoms with E-state index in [4.69, 9.17) is 0 Å². The van der Waals surface area contributed by atoms with E-state index in [0.717, 1.165) is 10.5 Å². The van der Waals surface area contributed by atoms with Crippen LogP contribution in [0.2, 0.25) is 0 Å². The molecule has 1 aromatic carbocycles. The fraction of sp³-hybridized carbons (Fsp3) is 0.133. The van der Waals surface area contributed by atoms with E-state index in [2.05, 4.69) is 0 Å². The standard InChI is InChI=1S/C15H11F2NOS/c16-15(17)13(8-12-6-7-20-10-12)18(14(15)19)9-11-4-2-1-3-5-11/h1-8,10H,9H2/b13-8-. The van der Waals surface area contributed by atoms with Crippen molar-refractivity contribution >= 4 is 23.3 Å². The molecule has 102 valence electrons. The zero-order chi connectivity index (χ0) is 14.2. The Bertz CT molecular complexity index is 650. The van der Waals surface area contributed by atoms with Crippen LogP contribution in [-0.4, -0.2) is 16.7 Å². The molecule has 2 aromatic rings. The van der Waals surface area contributed by atoms with Gasteiger partial charge in [-0.25, -0.2) is 0 Å². The molecule has 1 fully saturated rings. The first-order valence-corrected chi connectivity index (χ1v) is 7.01. The van der Waals surface area contributed by atoms with Gasteiger partial charge in [0.2, 0.25) is 0 Å². The minimum Gasteiger partial charge on any atom is -0.300 e. The van der Waals surface area contributed by atoms with Gasteiger partial charge in [0, 0.05) is 0 Å². The molecule has 0 unspecified atom stereocenters. The Morgan fingerprint density at radius 1 is 1.20 bits per heavy atom. The fourth-order valence-electron chi connectivity index (χ4n) is 2.11. The number of likely N-dealkylation sites (tertiary alicyclic amines) is 1. The number of hydrogen-bond acceptors (Lipinski definition) is 2. The molecule has 1 aromatic heterocycles. The average Bonchev–Trinajstić information content (AvgIpc) is 2.96. The first-order valence-electron chi connectivity index (χ1n) is 6.07. The van der Waals surface area contributed by atoms with Crippen LogP contribution in [-0.2, 0) is 11.3 Å². The quantitative estimate of drug-likeness (QED) is 0.788. The number of carbonyl (C=O) groups is 1. The van der Waals surface area contributed by atoms with Gasteiger partial charge in [-0.15, -0.1) is 0 Å². The number of halogens is 2. The molecule has 2 nitrogen and oxygen atoms in total. The van der Waals surface area contributed by atoms with Crippen LogP contribution in [0.25, 0.3) is 6.08 Å². The van der Waals surface area contributed by atoms with Gasteiger partial charge in [0.15, 0.2) is 0 Å². The lowest BCUT2D eigenvalue weighted by Crippen LogP contribution is -2.58. The summed E-state index contributed by atoms with van der Waals surface area (Å²) < 4.78 is 27.4. The monoisotopic (exact) mass is 291 g/mol. The highest BCUT2D eigenvalue weighted by atomic mass is 32.1. The smallest absolute Gasteiger partial charge is 0.300 e. The third kappa shape index (κ3) is 2.14. The van der Waals surface area contributed by atoms with Crippen molar-refractivity contribution < 1.29 is 13.6 Å². The Labute approximate surface area is 119 Å². The molecule has 20 heavy (non-hydrogen) atoms. The fourth-order valence-corrected chi connectivity index (χ4v) is 2.73. The molecule has 0 saturated carbocycles. The Balaban J connectivity index is 1.88. The number of benzene rings is 1. The molecule has 0 atom stereocenters. The molecule has 2 heterocycles. The predicted molar refractivity (Wildman–Crippen MR) is 74.2 cm³/mol. The maximum atomic E-state index is 13.7. The summed E-state index contributed by atoms with van der Waals surface area (Å²) in [5.41, 5.74) is 1.28. The summed E-state index contributed by atoms with van der Waals surface area (Å²) in [5, 5.41) is 3.58. The van der Waals surface area contributed by atoms with E-state index in [1.165, 1.54) is 17.4 Å². The number of hydrogen-bond donors (Lipinski definition) is 0. The van der Waals surface area contributed by atoms with Gasteiger partial charge in [0.05, 0.1) is 6.54 Å². The highest BCUT2D eigenvalue weighted by Crippen LogP contribution is 2.42. The van der Waals surface area contributed by atoms with Crippen molar-refractivity contribution in [3.05, 3.63) is 64.0 Å². The Morgan fingerprint density at radius 2 is 1.95 bits per heavy atom. The summed E-state index contributed by atoms with van der Waals surface area (Å²) in [6.07, 6.45) is 1.38. The molecule has 0 N–H and O–H groups in total. The third-order valence-electron chi connectivity index (χ3n) is 3.16. The van der Waals surface area contributed by atoms with E-state index in [1.807, 2.05) is 35.7 Å². The molecule has 0 radical (unpaired) electrons. The molecule has 3 rings (SSSR count). The normalized spacial score (nSPS) is 19.2. The lowest BCUT2D eigenvalue weighted by Gasteiger charge is -2.40. The van der Waals surface area contributed by atoms with E-state index >= 15 is 0 Å². The van der Waals surface area contributed by atoms with Crippen molar-refractivity contribution in [1.29, 1.82) is 0 Å². The van der Waals surface area contributed by atoms with Crippen LogP contribution in [0.3, 0.4) is 0 Å². The first-order chi connectivity index (χ1) is 9.59. The summed E-state index contributed by atoms with van der Waals surface area (Å²) in [7, 11) is 0. The summed E-state index contributed by atoms with van der Waals surface area (Å²) in [6, 6.07) is 10.9. The molecule has 1 aliphatic rings.